The van der Waals surface area contributed by atoms with E-state index in [0.29, 0.717) is 13.2 Å². The Balaban J connectivity index is 2.03. The number of carbonyl (C=O) groups excluding carboxylic acids is 1. The van der Waals surface area contributed by atoms with Gasteiger partial charge in [-0.25, -0.2) is 0 Å². The number of rotatable bonds is 3. The van der Waals surface area contributed by atoms with Crippen molar-refractivity contribution in [1.29, 1.82) is 0 Å². The van der Waals surface area contributed by atoms with E-state index in [1.54, 1.807) is 6.92 Å². The SMILES string of the molecule is CC(O)(CC=O)C1CCOC2(CCOC2)C1. The number of ether oxygens (including phenoxy) is 2. The molecule has 0 saturated carbocycles. The number of hydrogen-bond donors (Lipinski definition) is 1. The highest BCUT2D eigenvalue weighted by molar-refractivity contribution is 5.51. The molecule has 0 aromatic carbocycles. The fourth-order valence-corrected chi connectivity index (χ4v) is 2.76. The standard InChI is InChI=1S/C12H20O4/c1-11(14,3-5-13)10-2-6-16-12(8-10)4-7-15-9-12/h5,10,14H,2-4,6-9H2,1H3. The minimum absolute atomic E-state index is 0.133. The van der Waals surface area contributed by atoms with Crippen molar-refractivity contribution in [3.05, 3.63) is 0 Å². The lowest BCUT2D eigenvalue weighted by atomic mass is 9.75. The molecule has 0 aliphatic carbocycles. The Hall–Kier alpha value is -0.450. The lowest BCUT2D eigenvalue weighted by molar-refractivity contribution is -0.143. The third-order valence-corrected chi connectivity index (χ3v) is 3.94. The molecule has 0 aromatic rings. The number of carbonyl (C=O) groups is 1. The van der Waals surface area contributed by atoms with E-state index < -0.39 is 5.60 Å². The highest BCUT2D eigenvalue weighted by Gasteiger charge is 2.45. The maximum Gasteiger partial charge on any atom is 0.122 e. The topological polar surface area (TPSA) is 55.8 Å². The van der Waals surface area contributed by atoms with Gasteiger partial charge in [-0.1, -0.05) is 0 Å². The lowest BCUT2D eigenvalue weighted by Crippen LogP contribution is -2.47. The predicted molar refractivity (Wildman–Crippen MR) is 58.1 cm³/mol. The Morgan fingerprint density at radius 1 is 1.56 bits per heavy atom. The summed E-state index contributed by atoms with van der Waals surface area (Å²) in [5, 5.41) is 10.3. The summed E-state index contributed by atoms with van der Waals surface area (Å²) in [6, 6.07) is 0. The van der Waals surface area contributed by atoms with Gasteiger partial charge in [0.2, 0.25) is 0 Å². The smallest absolute Gasteiger partial charge is 0.122 e. The minimum atomic E-state index is -0.902. The van der Waals surface area contributed by atoms with E-state index in [-0.39, 0.29) is 17.9 Å². The highest BCUT2D eigenvalue weighted by atomic mass is 16.6. The van der Waals surface area contributed by atoms with Crippen LogP contribution in [0.1, 0.15) is 32.6 Å². The molecule has 1 spiro atoms. The van der Waals surface area contributed by atoms with Crippen molar-refractivity contribution in [2.24, 2.45) is 5.92 Å². The van der Waals surface area contributed by atoms with Crippen LogP contribution in [-0.2, 0) is 14.3 Å². The quantitative estimate of drug-likeness (QED) is 0.730. The summed E-state index contributed by atoms with van der Waals surface area (Å²) >= 11 is 0. The van der Waals surface area contributed by atoms with Gasteiger partial charge in [0.1, 0.15) is 6.29 Å². The third-order valence-electron chi connectivity index (χ3n) is 3.94. The van der Waals surface area contributed by atoms with Crippen LogP contribution in [0.25, 0.3) is 0 Å². The molecule has 92 valence electrons. The summed E-state index contributed by atoms with van der Waals surface area (Å²) in [6.45, 7) is 3.77. The van der Waals surface area contributed by atoms with Gasteiger partial charge >= 0.3 is 0 Å². The van der Waals surface area contributed by atoms with Crippen molar-refractivity contribution in [1.82, 2.24) is 0 Å². The number of aliphatic hydroxyl groups is 1. The van der Waals surface area contributed by atoms with Gasteiger partial charge in [0, 0.05) is 26.1 Å². The van der Waals surface area contributed by atoms with Crippen LogP contribution < -0.4 is 0 Å². The first-order valence-electron chi connectivity index (χ1n) is 5.96. The van der Waals surface area contributed by atoms with Crippen molar-refractivity contribution < 1.29 is 19.4 Å². The van der Waals surface area contributed by atoms with E-state index in [2.05, 4.69) is 0 Å². The molecular formula is C12H20O4. The maximum absolute atomic E-state index is 10.6. The van der Waals surface area contributed by atoms with Crippen molar-refractivity contribution in [3.8, 4) is 0 Å². The predicted octanol–water partition coefficient (Wildman–Crippen LogP) is 0.912. The highest BCUT2D eigenvalue weighted by Crippen LogP contribution is 2.40. The molecular weight excluding hydrogens is 208 g/mol. The second-order valence-corrected chi connectivity index (χ2v) is 5.25. The molecule has 2 fully saturated rings. The molecule has 0 radical (unpaired) electrons. The molecule has 2 aliphatic heterocycles. The average Bonchev–Trinajstić information content (AvgIpc) is 2.66. The maximum atomic E-state index is 10.6. The van der Waals surface area contributed by atoms with Crippen LogP contribution in [0.5, 0.6) is 0 Å². The molecule has 2 saturated heterocycles. The largest absolute Gasteiger partial charge is 0.389 e. The Morgan fingerprint density at radius 2 is 2.38 bits per heavy atom. The van der Waals surface area contributed by atoms with Crippen LogP contribution in [0.2, 0.25) is 0 Å². The number of aldehydes is 1. The summed E-state index contributed by atoms with van der Waals surface area (Å²) in [5.41, 5.74) is -1.10. The van der Waals surface area contributed by atoms with Crippen LogP contribution in [0, 0.1) is 5.92 Å². The van der Waals surface area contributed by atoms with Gasteiger partial charge in [-0.05, 0) is 25.7 Å². The van der Waals surface area contributed by atoms with E-state index in [1.807, 2.05) is 0 Å². The fraction of sp³-hybridized carbons (Fsp3) is 0.917. The zero-order valence-corrected chi connectivity index (χ0v) is 9.78. The van der Waals surface area contributed by atoms with Crippen molar-refractivity contribution in [2.75, 3.05) is 19.8 Å². The summed E-state index contributed by atoms with van der Waals surface area (Å²) in [6.07, 6.45) is 3.53. The van der Waals surface area contributed by atoms with Crippen molar-refractivity contribution >= 4 is 6.29 Å². The second-order valence-electron chi connectivity index (χ2n) is 5.25. The summed E-state index contributed by atoms with van der Waals surface area (Å²) in [4.78, 5) is 10.6. The molecule has 3 atom stereocenters. The Bertz CT molecular complexity index is 256. The summed E-state index contributed by atoms with van der Waals surface area (Å²) in [7, 11) is 0. The summed E-state index contributed by atoms with van der Waals surface area (Å²) in [5.74, 6) is 0.133. The zero-order valence-electron chi connectivity index (χ0n) is 9.78. The molecule has 2 aliphatic rings. The third kappa shape index (κ3) is 2.29. The van der Waals surface area contributed by atoms with E-state index in [4.69, 9.17) is 9.47 Å². The fourth-order valence-electron chi connectivity index (χ4n) is 2.76. The lowest BCUT2D eigenvalue weighted by Gasteiger charge is -2.42. The normalized spacial score (nSPS) is 38.5. The van der Waals surface area contributed by atoms with Crippen LogP contribution in [0.3, 0.4) is 0 Å². The van der Waals surface area contributed by atoms with Gasteiger partial charge < -0.3 is 19.4 Å². The summed E-state index contributed by atoms with van der Waals surface area (Å²) < 4.78 is 11.2. The Kier molecular flexibility index (Phi) is 3.33. The molecule has 4 nitrogen and oxygen atoms in total. The molecule has 2 rings (SSSR count). The first-order chi connectivity index (χ1) is 7.58. The number of hydrogen-bond acceptors (Lipinski definition) is 4. The second kappa shape index (κ2) is 4.43. The van der Waals surface area contributed by atoms with E-state index in [1.165, 1.54) is 0 Å². The molecule has 4 heteroatoms. The van der Waals surface area contributed by atoms with Crippen molar-refractivity contribution in [3.63, 3.8) is 0 Å². The van der Waals surface area contributed by atoms with E-state index in [9.17, 15) is 9.90 Å². The Morgan fingerprint density at radius 3 is 3.00 bits per heavy atom. The first-order valence-corrected chi connectivity index (χ1v) is 5.96. The van der Waals surface area contributed by atoms with Gasteiger partial charge in [-0.3, -0.25) is 0 Å². The first kappa shape index (κ1) is 12.0. The Labute approximate surface area is 95.9 Å². The van der Waals surface area contributed by atoms with Crippen molar-refractivity contribution in [2.45, 2.75) is 43.8 Å². The van der Waals surface area contributed by atoms with Gasteiger partial charge in [-0.2, -0.15) is 0 Å². The minimum Gasteiger partial charge on any atom is -0.389 e. The average molecular weight is 228 g/mol. The van der Waals surface area contributed by atoms with Crippen LogP contribution in [-0.4, -0.2) is 42.4 Å². The van der Waals surface area contributed by atoms with E-state index >= 15 is 0 Å². The monoisotopic (exact) mass is 228 g/mol. The molecule has 0 amide bonds. The molecule has 0 bridgehead atoms. The van der Waals surface area contributed by atoms with Crippen LogP contribution in [0.15, 0.2) is 0 Å². The molecule has 2 heterocycles. The van der Waals surface area contributed by atoms with E-state index in [0.717, 1.165) is 32.2 Å². The molecule has 1 N–H and O–H groups in total. The molecule has 16 heavy (non-hydrogen) atoms. The van der Waals surface area contributed by atoms with Crippen LogP contribution >= 0.6 is 0 Å². The van der Waals surface area contributed by atoms with Gasteiger partial charge in [0.05, 0.1) is 17.8 Å². The molecule has 0 aromatic heterocycles. The van der Waals surface area contributed by atoms with Gasteiger partial charge in [-0.15, -0.1) is 0 Å². The molecule has 3 unspecified atom stereocenters. The van der Waals surface area contributed by atoms with Crippen LogP contribution in [0.4, 0.5) is 0 Å². The zero-order chi connectivity index (χ0) is 11.6. The van der Waals surface area contributed by atoms with Gasteiger partial charge in [0.15, 0.2) is 0 Å². The van der Waals surface area contributed by atoms with Gasteiger partial charge in [0.25, 0.3) is 0 Å².